The van der Waals surface area contributed by atoms with E-state index in [0.29, 0.717) is 17.4 Å². The third-order valence-electron chi connectivity index (χ3n) is 6.54. The van der Waals surface area contributed by atoms with Gasteiger partial charge in [-0.15, -0.1) is 0 Å². The van der Waals surface area contributed by atoms with Gasteiger partial charge in [0.05, 0.1) is 11.5 Å². The zero-order valence-corrected chi connectivity index (χ0v) is 19.8. The first-order valence-corrected chi connectivity index (χ1v) is 11.8. The molecule has 172 valence electrons. The lowest BCUT2D eigenvalue weighted by Gasteiger charge is -2.36. The molecular formula is C26H33ClFN3O. The van der Waals surface area contributed by atoms with E-state index in [1.165, 1.54) is 12.1 Å². The highest BCUT2D eigenvalue weighted by Crippen LogP contribution is 2.37. The van der Waals surface area contributed by atoms with Gasteiger partial charge in [0.25, 0.3) is 0 Å². The summed E-state index contributed by atoms with van der Waals surface area (Å²) in [5.41, 5.74) is 0.578. The smallest absolute Gasteiger partial charge is 0.123 e. The summed E-state index contributed by atoms with van der Waals surface area (Å²) in [6.45, 7) is 10.8. The zero-order valence-electron chi connectivity index (χ0n) is 19.1. The molecular weight excluding hydrogens is 425 g/mol. The van der Waals surface area contributed by atoms with Gasteiger partial charge in [-0.1, -0.05) is 37.6 Å². The second kappa shape index (κ2) is 11.7. The Kier molecular flexibility index (Phi) is 8.92. The Hall–Kier alpha value is -2.13. The number of ether oxygens (including phenoxy) is 1. The molecule has 4 nitrogen and oxygen atoms in total. The van der Waals surface area contributed by atoms with Gasteiger partial charge in [-0.05, 0) is 67.3 Å². The maximum atomic E-state index is 13.0. The minimum Gasteiger partial charge on any atom is -0.492 e. The molecule has 1 aliphatic heterocycles. The van der Waals surface area contributed by atoms with Crippen LogP contribution in [0, 0.1) is 23.1 Å². The Morgan fingerprint density at radius 2 is 1.59 bits per heavy atom. The van der Waals surface area contributed by atoms with Crippen LogP contribution in [0.5, 0.6) is 5.75 Å². The van der Waals surface area contributed by atoms with Crippen molar-refractivity contribution in [2.24, 2.45) is 5.92 Å². The standard InChI is InChI=1S/C26H33ClFN3O/c1-21(2)26(20-29,22-4-6-23(27)7-5-22)12-3-13-30-14-16-31(17-15-30)18-19-32-25-10-8-24(28)9-11-25/h4-11,21H,3,12-19H2,1-2H3. The molecule has 0 aliphatic carbocycles. The van der Waals surface area contributed by atoms with Gasteiger partial charge >= 0.3 is 0 Å². The fourth-order valence-corrected chi connectivity index (χ4v) is 4.53. The summed E-state index contributed by atoms with van der Waals surface area (Å²) in [5.74, 6) is 0.686. The quantitative estimate of drug-likeness (QED) is 0.480. The summed E-state index contributed by atoms with van der Waals surface area (Å²) in [6, 6.07) is 16.5. The molecule has 1 unspecified atom stereocenters. The predicted octanol–water partition coefficient (Wildman–Crippen LogP) is 5.37. The molecule has 0 spiro atoms. The van der Waals surface area contributed by atoms with Crippen molar-refractivity contribution < 1.29 is 9.13 Å². The van der Waals surface area contributed by atoms with Crippen LogP contribution >= 0.6 is 11.6 Å². The van der Waals surface area contributed by atoms with Gasteiger partial charge in [0.15, 0.2) is 0 Å². The Labute approximate surface area is 196 Å². The van der Waals surface area contributed by atoms with Crippen LogP contribution in [0.1, 0.15) is 32.3 Å². The van der Waals surface area contributed by atoms with Gasteiger partial charge in [0.1, 0.15) is 18.2 Å². The Morgan fingerprint density at radius 1 is 1.00 bits per heavy atom. The third-order valence-corrected chi connectivity index (χ3v) is 6.80. The number of benzene rings is 2. The van der Waals surface area contributed by atoms with E-state index in [4.69, 9.17) is 16.3 Å². The number of hydrogen-bond acceptors (Lipinski definition) is 4. The van der Waals surface area contributed by atoms with E-state index >= 15 is 0 Å². The van der Waals surface area contributed by atoms with E-state index in [2.05, 4.69) is 29.7 Å². The molecule has 6 heteroatoms. The van der Waals surface area contributed by atoms with Crippen molar-refractivity contribution in [3.8, 4) is 11.8 Å². The van der Waals surface area contributed by atoms with Crippen molar-refractivity contribution in [1.29, 1.82) is 5.26 Å². The van der Waals surface area contributed by atoms with Crippen molar-refractivity contribution >= 4 is 11.6 Å². The fraction of sp³-hybridized carbons (Fsp3) is 0.500. The van der Waals surface area contributed by atoms with E-state index in [-0.39, 0.29) is 11.7 Å². The highest BCUT2D eigenvalue weighted by molar-refractivity contribution is 6.30. The SMILES string of the molecule is CC(C)C(C#N)(CCCN1CCN(CCOc2ccc(F)cc2)CC1)c1ccc(Cl)cc1. The van der Waals surface area contributed by atoms with Gasteiger partial charge in [0, 0.05) is 37.7 Å². The molecule has 0 saturated carbocycles. The largest absolute Gasteiger partial charge is 0.492 e. The first-order valence-electron chi connectivity index (χ1n) is 11.4. The first-order chi connectivity index (χ1) is 15.4. The first kappa shape index (κ1) is 24.5. The molecule has 1 aliphatic rings. The van der Waals surface area contributed by atoms with Gasteiger partial charge in [-0.3, -0.25) is 4.90 Å². The zero-order chi connectivity index (χ0) is 23.0. The number of rotatable bonds is 10. The summed E-state index contributed by atoms with van der Waals surface area (Å²) in [7, 11) is 0. The number of halogens is 2. The van der Waals surface area contributed by atoms with Crippen LogP contribution in [0.2, 0.25) is 5.02 Å². The van der Waals surface area contributed by atoms with Crippen LogP contribution in [-0.4, -0.2) is 55.7 Å². The fourth-order valence-electron chi connectivity index (χ4n) is 4.40. The molecule has 1 heterocycles. The van der Waals surface area contributed by atoms with Crippen LogP contribution in [0.15, 0.2) is 48.5 Å². The van der Waals surface area contributed by atoms with Crippen molar-refractivity contribution in [3.63, 3.8) is 0 Å². The topological polar surface area (TPSA) is 39.5 Å². The number of piperazine rings is 1. The van der Waals surface area contributed by atoms with Crippen molar-refractivity contribution in [2.45, 2.75) is 32.1 Å². The maximum Gasteiger partial charge on any atom is 0.123 e. The van der Waals surface area contributed by atoms with Crippen LogP contribution in [0.25, 0.3) is 0 Å². The van der Waals surface area contributed by atoms with Crippen molar-refractivity contribution in [2.75, 3.05) is 45.9 Å². The average Bonchev–Trinajstić information content (AvgIpc) is 2.80. The van der Waals surface area contributed by atoms with Crippen molar-refractivity contribution in [1.82, 2.24) is 9.80 Å². The van der Waals surface area contributed by atoms with Gasteiger partial charge < -0.3 is 9.64 Å². The number of hydrogen-bond donors (Lipinski definition) is 0. The van der Waals surface area contributed by atoms with Crippen LogP contribution in [-0.2, 0) is 5.41 Å². The molecule has 32 heavy (non-hydrogen) atoms. The van der Waals surface area contributed by atoms with E-state index in [0.717, 1.165) is 57.7 Å². The molecule has 0 radical (unpaired) electrons. The normalized spacial score (nSPS) is 17.1. The molecule has 0 aromatic heterocycles. The summed E-state index contributed by atoms with van der Waals surface area (Å²) in [5, 5.41) is 10.8. The summed E-state index contributed by atoms with van der Waals surface area (Å²) >= 11 is 6.06. The molecule has 1 fully saturated rings. The van der Waals surface area contributed by atoms with Crippen LogP contribution in [0.3, 0.4) is 0 Å². The predicted molar refractivity (Wildman–Crippen MR) is 128 cm³/mol. The number of nitrogens with zero attached hydrogens (tertiary/aromatic N) is 3. The molecule has 1 saturated heterocycles. The molecule has 0 N–H and O–H groups in total. The number of nitriles is 1. The lowest BCUT2D eigenvalue weighted by molar-refractivity contribution is 0.114. The average molecular weight is 458 g/mol. The monoisotopic (exact) mass is 457 g/mol. The summed E-state index contributed by atoms with van der Waals surface area (Å²) in [6.07, 6.45) is 1.83. The Bertz CT molecular complexity index is 873. The van der Waals surface area contributed by atoms with Crippen molar-refractivity contribution in [3.05, 3.63) is 64.9 Å². The minimum atomic E-state index is -0.482. The summed E-state index contributed by atoms with van der Waals surface area (Å²) in [4.78, 5) is 4.89. The van der Waals surface area contributed by atoms with Gasteiger partial charge in [0.2, 0.25) is 0 Å². The highest BCUT2D eigenvalue weighted by Gasteiger charge is 2.35. The lowest BCUT2D eigenvalue weighted by Crippen LogP contribution is -2.47. The molecule has 0 amide bonds. The van der Waals surface area contributed by atoms with E-state index in [1.807, 2.05) is 24.3 Å². The van der Waals surface area contributed by atoms with Gasteiger partial charge in [-0.25, -0.2) is 4.39 Å². The third kappa shape index (κ3) is 6.45. The van der Waals surface area contributed by atoms with E-state index in [1.54, 1.807) is 12.1 Å². The molecule has 2 aromatic rings. The second-order valence-electron chi connectivity index (χ2n) is 8.83. The van der Waals surface area contributed by atoms with Crippen LogP contribution in [0.4, 0.5) is 4.39 Å². The maximum absolute atomic E-state index is 13.0. The Balaban J connectivity index is 1.41. The minimum absolute atomic E-state index is 0.228. The van der Waals surface area contributed by atoms with Crippen LogP contribution < -0.4 is 4.74 Å². The lowest BCUT2D eigenvalue weighted by atomic mass is 9.70. The van der Waals surface area contributed by atoms with E-state index in [9.17, 15) is 9.65 Å². The highest BCUT2D eigenvalue weighted by atomic mass is 35.5. The Morgan fingerprint density at radius 3 is 2.16 bits per heavy atom. The molecule has 3 rings (SSSR count). The van der Waals surface area contributed by atoms with E-state index < -0.39 is 5.41 Å². The molecule has 2 aromatic carbocycles. The second-order valence-corrected chi connectivity index (χ2v) is 9.27. The van der Waals surface area contributed by atoms with Gasteiger partial charge in [-0.2, -0.15) is 5.26 Å². The molecule has 1 atom stereocenters. The summed E-state index contributed by atoms with van der Waals surface area (Å²) < 4.78 is 18.7. The molecule has 0 bridgehead atoms.